The van der Waals surface area contributed by atoms with Crippen molar-refractivity contribution in [2.24, 2.45) is 0 Å². The van der Waals surface area contributed by atoms with E-state index >= 15 is 0 Å². The Labute approximate surface area is 202 Å². The molecule has 1 heterocycles. The topological polar surface area (TPSA) is 108 Å². The molecule has 4 rings (SSSR count). The van der Waals surface area contributed by atoms with Crippen LogP contribution in [0.25, 0.3) is 0 Å². The average molecular weight is 476 g/mol. The highest BCUT2D eigenvalue weighted by molar-refractivity contribution is 5.91. The second kappa shape index (κ2) is 10.9. The summed E-state index contributed by atoms with van der Waals surface area (Å²) in [6, 6.07) is 24.6. The molecule has 8 nitrogen and oxygen atoms in total. The molecule has 3 aromatic rings. The largest absolute Gasteiger partial charge is 0.452 e. The Kier molecular flexibility index (Phi) is 7.54. The lowest BCUT2D eigenvalue weighted by Crippen LogP contribution is -2.60. The molecule has 1 N–H and O–H groups in total. The summed E-state index contributed by atoms with van der Waals surface area (Å²) in [6.07, 6.45) is -6.48. The van der Waals surface area contributed by atoms with Gasteiger partial charge in [-0.3, -0.25) is 0 Å². The van der Waals surface area contributed by atoms with Crippen LogP contribution < -0.4 is 0 Å². The quantitative estimate of drug-likeness (QED) is 0.426. The van der Waals surface area contributed by atoms with Crippen LogP contribution in [0.2, 0.25) is 0 Å². The smallest absolute Gasteiger partial charge is 0.338 e. The molecule has 0 amide bonds. The van der Waals surface area contributed by atoms with E-state index in [9.17, 15) is 19.5 Å². The van der Waals surface area contributed by atoms with Crippen molar-refractivity contribution >= 4 is 17.9 Å². The molecule has 1 aliphatic rings. The number of rotatable bonds is 6. The van der Waals surface area contributed by atoms with Crippen LogP contribution in [0, 0.1) is 0 Å². The number of hydrogen-bond donors (Lipinski definition) is 1. The number of ether oxygens (including phenoxy) is 4. The number of carbonyl (C=O) groups is 3. The van der Waals surface area contributed by atoms with E-state index in [1.807, 2.05) is 0 Å². The number of esters is 3. The van der Waals surface area contributed by atoms with Gasteiger partial charge in [-0.05, 0) is 43.3 Å². The zero-order valence-electron chi connectivity index (χ0n) is 18.9. The minimum atomic E-state index is -1.63. The van der Waals surface area contributed by atoms with Gasteiger partial charge in [0.1, 0.15) is 0 Å². The van der Waals surface area contributed by atoms with Crippen LogP contribution in [-0.4, -0.2) is 53.7 Å². The highest BCUT2D eigenvalue weighted by atomic mass is 16.7. The summed E-state index contributed by atoms with van der Waals surface area (Å²) in [4.78, 5) is 38.5. The standard InChI is InChI=1S/C27H24O8/c1-17-21(33-24(28)18-11-5-2-6-12-18)22(34-25(29)19-13-7-3-8-14-19)23(27(31)32-17)35-26(30)20-15-9-4-10-16-20/h2-17,21-23,27,31H,1H3. The van der Waals surface area contributed by atoms with Crippen LogP contribution in [0.4, 0.5) is 0 Å². The van der Waals surface area contributed by atoms with E-state index in [4.69, 9.17) is 18.9 Å². The molecular weight excluding hydrogens is 452 g/mol. The van der Waals surface area contributed by atoms with Crippen molar-refractivity contribution in [1.82, 2.24) is 0 Å². The predicted molar refractivity (Wildman–Crippen MR) is 123 cm³/mol. The molecule has 5 unspecified atom stereocenters. The highest BCUT2D eigenvalue weighted by Crippen LogP contribution is 2.29. The summed E-state index contributed by atoms with van der Waals surface area (Å²) in [7, 11) is 0. The molecule has 0 spiro atoms. The van der Waals surface area contributed by atoms with Crippen molar-refractivity contribution in [3.05, 3.63) is 108 Å². The minimum Gasteiger partial charge on any atom is -0.452 e. The highest BCUT2D eigenvalue weighted by Gasteiger charge is 2.50. The summed E-state index contributed by atoms with van der Waals surface area (Å²) in [5.41, 5.74) is 0.739. The Bertz CT molecular complexity index is 1080. The van der Waals surface area contributed by atoms with Gasteiger partial charge in [0.15, 0.2) is 24.6 Å². The monoisotopic (exact) mass is 476 g/mol. The molecule has 1 saturated heterocycles. The molecule has 180 valence electrons. The van der Waals surface area contributed by atoms with Crippen molar-refractivity contribution < 1.29 is 38.4 Å². The van der Waals surface area contributed by atoms with Gasteiger partial charge in [0, 0.05) is 0 Å². The van der Waals surface area contributed by atoms with E-state index in [-0.39, 0.29) is 16.7 Å². The lowest BCUT2D eigenvalue weighted by molar-refractivity contribution is -0.275. The predicted octanol–water partition coefficient (Wildman–Crippen LogP) is 3.40. The molecule has 1 fully saturated rings. The zero-order chi connectivity index (χ0) is 24.8. The normalized spacial score (nSPS) is 23.7. The van der Waals surface area contributed by atoms with Crippen molar-refractivity contribution in [3.63, 3.8) is 0 Å². The van der Waals surface area contributed by atoms with Gasteiger partial charge >= 0.3 is 17.9 Å². The van der Waals surface area contributed by atoms with E-state index in [0.29, 0.717) is 0 Å². The summed E-state index contributed by atoms with van der Waals surface area (Å²) in [6.45, 7) is 1.56. The van der Waals surface area contributed by atoms with Gasteiger partial charge in [0.05, 0.1) is 22.8 Å². The first-order valence-corrected chi connectivity index (χ1v) is 11.1. The molecule has 0 aromatic heterocycles. The summed E-state index contributed by atoms with van der Waals surface area (Å²) < 4.78 is 22.4. The van der Waals surface area contributed by atoms with Crippen LogP contribution in [-0.2, 0) is 18.9 Å². The molecule has 5 atom stereocenters. The second-order valence-electron chi connectivity index (χ2n) is 7.94. The second-order valence-corrected chi connectivity index (χ2v) is 7.94. The fraction of sp³-hybridized carbons (Fsp3) is 0.222. The number of aliphatic hydroxyl groups excluding tert-OH is 1. The number of hydrogen-bond acceptors (Lipinski definition) is 8. The van der Waals surface area contributed by atoms with E-state index < -0.39 is 48.6 Å². The van der Waals surface area contributed by atoms with Crippen molar-refractivity contribution in [2.45, 2.75) is 37.6 Å². The SMILES string of the molecule is CC1OC(O)C(OC(=O)c2ccccc2)C(OC(=O)c2ccccc2)C1OC(=O)c1ccccc1. The maximum atomic E-state index is 12.9. The molecule has 0 aliphatic carbocycles. The van der Waals surface area contributed by atoms with Gasteiger partial charge in [-0.25, -0.2) is 14.4 Å². The van der Waals surface area contributed by atoms with Crippen LogP contribution in [0.5, 0.6) is 0 Å². The maximum absolute atomic E-state index is 12.9. The lowest BCUT2D eigenvalue weighted by Gasteiger charge is -2.42. The van der Waals surface area contributed by atoms with Gasteiger partial charge in [-0.15, -0.1) is 0 Å². The Morgan fingerprint density at radius 1 is 0.600 bits per heavy atom. The van der Waals surface area contributed by atoms with Gasteiger partial charge in [-0.1, -0.05) is 54.6 Å². The van der Waals surface area contributed by atoms with E-state index in [0.717, 1.165) is 0 Å². The van der Waals surface area contributed by atoms with Crippen LogP contribution in [0.1, 0.15) is 38.0 Å². The molecule has 0 radical (unpaired) electrons. The van der Waals surface area contributed by atoms with Gasteiger partial charge in [0.2, 0.25) is 0 Å². The third-order valence-corrected chi connectivity index (χ3v) is 5.50. The van der Waals surface area contributed by atoms with Gasteiger partial charge in [0.25, 0.3) is 0 Å². The van der Waals surface area contributed by atoms with E-state index in [1.165, 1.54) is 0 Å². The summed E-state index contributed by atoms with van der Waals surface area (Å²) >= 11 is 0. The molecule has 35 heavy (non-hydrogen) atoms. The molecule has 8 heteroatoms. The number of aliphatic hydroxyl groups is 1. The third-order valence-electron chi connectivity index (χ3n) is 5.50. The Morgan fingerprint density at radius 3 is 1.34 bits per heavy atom. The lowest BCUT2D eigenvalue weighted by atomic mass is 9.98. The first kappa shape index (κ1) is 24.1. The Morgan fingerprint density at radius 2 is 0.943 bits per heavy atom. The third kappa shape index (κ3) is 5.74. The Hall–Kier alpha value is -4.01. The average Bonchev–Trinajstić information content (AvgIpc) is 2.89. The molecule has 1 aliphatic heterocycles. The molecule has 3 aromatic carbocycles. The van der Waals surface area contributed by atoms with Crippen molar-refractivity contribution in [1.29, 1.82) is 0 Å². The van der Waals surface area contributed by atoms with Gasteiger partial charge < -0.3 is 24.1 Å². The minimum absolute atomic E-state index is 0.226. The van der Waals surface area contributed by atoms with Crippen molar-refractivity contribution in [2.75, 3.05) is 0 Å². The first-order valence-electron chi connectivity index (χ1n) is 11.1. The first-order chi connectivity index (χ1) is 16.9. The zero-order valence-corrected chi connectivity index (χ0v) is 18.9. The van der Waals surface area contributed by atoms with Crippen molar-refractivity contribution in [3.8, 4) is 0 Å². The summed E-state index contributed by atoms with van der Waals surface area (Å²) in [5.74, 6) is -2.18. The van der Waals surface area contributed by atoms with Crippen LogP contribution in [0.15, 0.2) is 91.0 Å². The number of benzene rings is 3. The summed E-state index contributed by atoms with van der Waals surface area (Å²) in [5, 5.41) is 10.6. The fourth-order valence-corrected chi connectivity index (χ4v) is 3.71. The van der Waals surface area contributed by atoms with Gasteiger partial charge in [-0.2, -0.15) is 0 Å². The molecular formula is C27H24O8. The fourth-order valence-electron chi connectivity index (χ4n) is 3.71. The van der Waals surface area contributed by atoms with Crippen LogP contribution in [0.3, 0.4) is 0 Å². The molecule has 0 saturated carbocycles. The maximum Gasteiger partial charge on any atom is 0.338 e. The molecule has 0 bridgehead atoms. The Balaban J connectivity index is 1.63. The van der Waals surface area contributed by atoms with E-state index in [2.05, 4.69) is 0 Å². The van der Waals surface area contributed by atoms with E-state index in [1.54, 1.807) is 97.9 Å². The number of carbonyl (C=O) groups excluding carboxylic acids is 3. The van der Waals surface area contributed by atoms with Crippen LogP contribution >= 0.6 is 0 Å².